The summed E-state index contributed by atoms with van der Waals surface area (Å²) in [5, 5.41) is 10.9. The van der Waals surface area contributed by atoms with E-state index in [0.29, 0.717) is 23.9 Å². The molecule has 0 aromatic rings. The van der Waals surface area contributed by atoms with Crippen LogP contribution in [0.15, 0.2) is 11.6 Å². The second kappa shape index (κ2) is 6.82. The number of carbonyl (C=O) groups is 1. The van der Waals surface area contributed by atoms with Crippen LogP contribution in [0.4, 0.5) is 0 Å². The molecular formula is C27H42O4. The third-order valence-electron chi connectivity index (χ3n) is 11.2. The van der Waals surface area contributed by atoms with Gasteiger partial charge in [-0.25, -0.2) is 0 Å². The van der Waals surface area contributed by atoms with Gasteiger partial charge in [-0.1, -0.05) is 47.1 Å². The zero-order valence-electron chi connectivity index (χ0n) is 20.4. The van der Waals surface area contributed by atoms with Gasteiger partial charge < -0.3 is 14.6 Å². The molecule has 1 heterocycles. The first-order valence-corrected chi connectivity index (χ1v) is 12.6. The zero-order valence-corrected chi connectivity index (χ0v) is 20.4. The Kier molecular flexibility index (Phi) is 4.83. The Morgan fingerprint density at radius 1 is 1.06 bits per heavy atom. The van der Waals surface area contributed by atoms with Crippen LogP contribution in [0.3, 0.4) is 0 Å². The first-order chi connectivity index (χ1) is 14.4. The third-order valence-corrected chi connectivity index (χ3v) is 11.2. The lowest BCUT2D eigenvalue weighted by Crippen LogP contribution is -2.67. The number of allylic oxidation sites excluding steroid dienone is 1. The summed E-state index contributed by atoms with van der Waals surface area (Å²) in [5.41, 5.74) is 1.77. The van der Waals surface area contributed by atoms with Crippen molar-refractivity contribution in [3.63, 3.8) is 0 Å². The minimum atomic E-state index is -0.794. The van der Waals surface area contributed by atoms with E-state index in [0.717, 1.165) is 18.8 Å². The van der Waals surface area contributed by atoms with Crippen molar-refractivity contribution in [2.24, 2.45) is 45.3 Å². The molecule has 5 rings (SSSR count). The summed E-state index contributed by atoms with van der Waals surface area (Å²) >= 11 is 0. The van der Waals surface area contributed by atoms with Gasteiger partial charge in [0.25, 0.3) is 0 Å². The molecule has 4 nitrogen and oxygen atoms in total. The van der Waals surface area contributed by atoms with Gasteiger partial charge in [0.2, 0.25) is 0 Å². The molecule has 0 bridgehead atoms. The number of aliphatic hydroxyl groups is 1. The largest absolute Gasteiger partial charge is 0.462 e. The quantitative estimate of drug-likeness (QED) is 0.442. The Morgan fingerprint density at radius 2 is 1.77 bits per heavy atom. The van der Waals surface area contributed by atoms with Gasteiger partial charge in [-0.15, -0.1) is 0 Å². The first-order valence-electron chi connectivity index (χ1n) is 12.6. The fourth-order valence-electron chi connectivity index (χ4n) is 10.1. The van der Waals surface area contributed by atoms with E-state index < -0.39 is 6.29 Å². The molecule has 0 spiro atoms. The Labute approximate surface area is 188 Å². The topological polar surface area (TPSA) is 55.8 Å². The van der Waals surface area contributed by atoms with Crippen molar-refractivity contribution in [2.45, 2.75) is 98.9 Å². The van der Waals surface area contributed by atoms with Crippen molar-refractivity contribution in [1.29, 1.82) is 0 Å². The summed E-state index contributed by atoms with van der Waals surface area (Å²) < 4.78 is 11.9. The molecule has 0 radical (unpaired) electrons. The van der Waals surface area contributed by atoms with Gasteiger partial charge in [0, 0.05) is 18.3 Å². The summed E-state index contributed by atoms with van der Waals surface area (Å²) in [7, 11) is 0. The van der Waals surface area contributed by atoms with Crippen molar-refractivity contribution >= 4 is 5.97 Å². The second-order valence-corrected chi connectivity index (χ2v) is 12.9. The number of ether oxygens (including phenoxy) is 2. The van der Waals surface area contributed by atoms with Crippen LogP contribution in [0.25, 0.3) is 0 Å². The Morgan fingerprint density at radius 3 is 2.48 bits per heavy atom. The molecule has 0 amide bonds. The fourth-order valence-corrected chi connectivity index (χ4v) is 10.1. The maximum Gasteiger partial charge on any atom is 0.302 e. The third kappa shape index (κ3) is 2.82. The molecule has 0 unspecified atom stereocenters. The fraction of sp³-hybridized carbons (Fsp3) is 0.889. The summed E-state index contributed by atoms with van der Waals surface area (Å²) in [4.78, 5) is 12.3. The van der Waals surface area contributed by atoms with Crippen molar-refractivity contribution < 1.29 is 19.4 Å². The molecule has 5 aliphatic rings. The standard InChI is InChI=1S/C27H42O4/c1-16(28)31-21-14-20-25(4)12-7-11-24(2,3)18(25)10-13-26(20,5)19-9-8-17-15-30-23(29)22(17)27(19,21)6/h8,18-23,29H,7,9-15H2,1-6H3/t18-,19-,20+,21+,22+,23+,25-,26-,27+/m1/s1. The summed E-state index contributed by atoms with van der Waals surface area (Å²) in [6, 6.07) is 0. The average Bonchev–Trinajstić information content (AvgIpc) is 3.04. The number of hydrogen-bond acceptors (Lipinski definition) is 4. The molecule has 174 valence electrons. The SMILES string of the molecule is CC(=O)O[C@H]1C[C@H]2[C@]3(C)CCCC(C)(C)[C@H]3CC[C@]2(C)[C@H]2CC=C3CO[C@H](O)[C@H]3[C@]12C. The Hall–Kier alpha value is -0.870. The van der Waals surface area contributed by atoms with Gasteiger partial charge >= 0.3 is 5.97 Å². The number of hydrogen-bond donors (Lipinski definition) is 1. The number of aliphatic hydroxyl groups excluding tert-OH is 1. The predicted molar refractivity (Wildman–Crippen MR) is 120 cm³/mol. The van der Waals surface area contributed by atoms with E-state index in [2.05, 4.69) is 40.7 Å². The summed E-state index contributed by atoms with van der Waals surface area (Å²) in [6.45, 7) is 14.4. The van der Waals surface area contributed by atoms with Gasteiger partial charge in [0.05, 0.1) is 6.61 Å². The molecule has 3 saturated carbocycles. The monoisotopic (exact) mass is 430 g/mol. The van der Waals surface area contributed by atoms with Gasteiger partial charge in [0.1, 0.15) is 6.10 Å². The predicted octanol–water partition coefficient (Wildman–Crippen LogP) is 5.49. The number of fused-ring (bicyclic) bond motifs is 7. The molecule has 1 saturated heterocycles. The van der Waals surface area contributed by atoms with Crippen LogP contribution in [-0.2, 0) is 14.3 Å². The highest BCUT2D eigenvalue weighted by Gasteiger charge is 2.70. The van der Waals surface area contributed by atoms with E-state index in [9.17, 15) is 9.90 Å². The average molecular weight is 431 g/mol. The maximum absolute atomic E-state index is 12.3. The zero-order chi connectivity index (χ0) is 22.4. The van der Waals surface area contributed by atoms with E-state index in [-0.39, 0.29) is 34.2 Å². The lowest BCUT2D eigenvalue weighted by Gasteiger charge is -2.70. The molecule has 4 fully saturated rings. The van der Waals surface area contributed by atoms with Crippen LogP contribution in [0, 0.1) is 45.3 Å². The van der Waals surface area contributed by atoms with Crippen LogP contribution in [0.2, 0.25) is 0 Å². The molecular weight excluding hydrogens is 388 g/mol. The molecule has 0 aromatic carbocycles. The van der Waals surface area contributed by atoms with Crippen LogP contribution in [-0.4, -0.2) is 30.1 Å². The van der Waals surface area contributed by atoms with Crippen molar-refractivity contribution in [3.8, 4) is 0 Å². The van der Waals surface area contributed by atoms with Crippen molar-refractivity contribution in [3.05, 3.63) is 11.6 Å². The summed E-state index contributed by atoms with van der Waals surface area (Å²) in [5.74, 6) is 1.39. The molecule has 4 aliphatic carbocycles. The molecule has 1 N–H and O–H groups in total. The smallest absolute Gasteiger partial charge is 0.302 e. The number of carbonyl (C=O) groups excluding carboxylic acids is 1. The van der Waals surface area contributed by atoms with Crippen molar-refractivity contribution in [2.75, 3.05) is 6.61 Å². The molecule has 9 atom stereocenters. The Bertz CT molecular complexity index is 801. The van der Waals surface area contributed by atoms with E-state index in [1.807, 2.05) is 0 Å². The van der Waals surface area contributed by atoms with Crippen LogP contribution < -0.4 is 0 Å². The van der Waals surface area contributed by atoms with E-state index in [1.54, 1.807) is 6.92 Å². The van der Waals surface area contributed by atoms with E-state index in [4.69, 9.17) is 9.47 Å². The summed E-state index contributed by atoms with van der Waals surface area (Å²) in [6.07, 6.45) is 9.75. The minimum Gasteiger partial charge on any atom is -0.462 e. The second-order valence-electron chi connectivity index (χ2n) is 12.9. The minimum absolute atomic E-state index is 0.0679. The molecule has 0 aromatic heterocycles. The lowest BCUT2D eigenvalue weighted by atomic mass is 9.34. The van der Waals surface area contributed by atoms with Gasteiger partial charge in [0.15, 0.2) is 6.29 Å². The molecule has 1 aliphatic heterocycles. The van der Waals surface area contributed by atoms with Crippen LogP contribution in [0.5, 0.6) is 0 Å². The Balaban J connectivity index is 1.62. The van der Waals surface area contributed by atoms with Crippen molar-refractivity contribution in [1.82, 2.24) is 0 Å². The van der Waals surface area contributed by atoms with E-state index >= 15 is 0 Å². The number of esters is 1. The van der Waals surface area contributed by atoms with E-state index in [1.165, 1.54) is 37.7 Å². The maximum atomic E-state index is 12.3. The van der Waals surface area contributed by atoms with Gasteiger partial charge in [-0.2, -0.15) is 0 Å². The lowest BCUT2D eigenvalue weighted by molar-refractivity contribution is -0.253. The molecule has 31 heavy (non-hydrogen) atoms. The van der Waals surface area contributed by atoms with Gasteiger partial charge in [-0.05, 0) is 78.1 Å². The highest BCUT2D eigenvalue weighted by Crippen LogP contribution is 2.73. The highest BCUT2D eigenvalue weighted by molar-refractivity contribution is 5.66. The number of rotatable bonds is 1. The highest BCUT2D eigenvalue weighted by atomic mass is 16.6. The first kappa shape index (κ1) is 21.9. The van der Waals surface area contributed by atoms with Crippen LogP contribution >= 0.6 is 0 Å². The van der Waals surface area contributed by atoms with Gasteiger partial charge in [-0.3, -0.25) is 4.79 Å². The van der Waals surface area contributed by atoms with Crippen LogP contribution in [0.1, 0.15) is 86.5 Å². The molecule has 4 heteroatoms. The normalized spacial score (nSPS) is 52.8.